The molecule has 0 unspecified atom stereocenters. The second-order valence-corrected chi connectivity index (χ2v) is 20.0. The lowest BCUT2D eigenvalue weighted by Gasteiger charge is -2.43. The highest BCUT2D eigenvalue weighted by molar-refractivity contribution is 8.01. The number of fused-ring (bicyclic) bond motifs is 3. The number of rotatable bonds is 18. The topological polar surface area (TPSA) is 151 Å². The van der Waals surface area contributed by atoms with E-state index < -0.39 is 41.4 Å². The number of pyridine rings is 1. The Morgan fingerprint density at radius 1 is 0.841 bits per heavy atom. The molecule has 1 saturated carbocycles. The van der Waals surface area contributed by atoms with E-state index in [1.54, 1.807) is 24.3 Å². The first-order valence-electron chi connectivity index (χ1n) is 22.9. The Morgan fingerprint density at radius 2 is 1.57 bits per heavy atom. The number of hydrogen-bond donors (Lipinski definition) is 3. The van der Waals surface area contributed by atoms with E-state index in [-0.39, 0.29) is 71.1 Å². The molecule has 2 amide bonds. The number of thioether (sulfide) groups is 1. The van der Waals surface area contributed by atoms with Gasteiger partial charge in [-0.1, -0.05) is 83.9 Å². The van der Waals surface area contributed by atoms with E-state index in [1.165, 1.54) is 35.5 Å². The second-order valence-electron chi connectivity index (χ2n) is 17.8. The molecule has 5 aromatic rings. The molecule has 13 nitrogen and oxygen atoms in total. The van der Waals surface area contributed by atoms with E-state index >= 15 is 0 Å². The molecule has 10 rings (SSSR count). The van der Waals surface area contributed by atoms with Gasteiger partial charge in [-0.25, -0.2) is 9.59 Å². The Morgan fingerprint density at radius 3 is 2.23 bits per heavy atom. The predicted octanol–water partition coefficient (Wildman–Crippen LogP) is 9.39. The largest absolute Gasteiger partial charge is 0.489 e. The van der Waals surface area contributed by atoms with Crippen LogP contribution in [0, 0.1) is 11.8 Å². The standard InChI is InChI=1S/C51H50Cl2F2N4O9S/c52-41-26-58(64)27-42(53)39(41)25-40(36-15-16-43(67-49(54)55)44(24-36)66-30-31-9-10-31)51(48(61)62)59(21-22-69-51)47(60)35-13-11-32(12-14-35)29-65-38-8-4-7-37(23-38)46(34-5-2-1-3-6-34)56-50(63)68-45-28-57-19-17-33(45)18-20-57/h1-8,11-16,23-24,26-27,31,33,40,45-46,49H,9-10,17-22,25,28-30H2,(H2-,56,61,62,63,64)/p+1/t40-,45-,46-,51-/m0/s1. The predicted molar refractivity (Wildman–Crippen MR) is 254 cm³/mol. The van der Waals surface area contributed by atoms with Gasteiger partial charge in [-0.15, -0.1) is 11.8 Å². The van der Waals surface area contributed by atoms with Crippen LogP contribution >= 0.6 is 35.0 Å². The van der Waals surface area contributed by atoms with E-state index in [9.17, 15) is 33.5 Å². The number of alkyl carbamates (subject to hydrolysis) is 1. The van der Waals surface area contributed by atoms with Crippen LogP contribution in [0.3, 0.4) is 0 Å². The number of nitrogens with one attached hydrogen (secondary N) is 1. The average Bonchev–Trinajstić information content (AvgIpc) is 4.07. The first-order valence-corrected chi connectivity index (χ1v) is 24.6. The van der Waals surface area contributed by atoms with Crippen LogP contribution in [0.5, 0.6) is 17.2 Å². The van der Waals surface area contributed by atoms with Gasteiger partial charge in [0.25, 0.3) is 5.91 Å². The maximum atomic E-state index is 14.7. The fourth-order valence-corrected chi connectivity index (χ4v) is 11.6. The van der Waals surface area contributed by atoms with E-state index in [1.807, 2.05) is 54.6 Å². The normalized spacial score (nSPS) is 21.6. The number of alkyl halides is 2. The van der Waals surface area contributed by atoms with E-state index in [4.69, 9.17) is 42.1 Å². The van der Waals surface area contributed by atoms with Crippen LogP contribution < -0.4 is 24.3 Å². The SMILES string of the molecule is O=C(N[C@@H](c1ccccc1)c1cccc(OCc2ccc(C(=O)N3CCS[C@]3(C(=O)O)[C@@H](Cc3c(Cl)c[n+](O)cc3Cl)c3ccc(OC(F)F)c(OCC4CC4)c3)cc2)c1)O[C@H]1CN2CCC1CC2. The van der Waals surface area contributed by atoms with Crippen LogP contribution in [0.1, 0.15) is 75.8 Å². The molecular weight excluding hydrogens is 954 g/mol. The fraction of sp³-hybridized carbons (Fsp3) is 0.373. The van der Waals surface area contributed by atoms with Crippen molar-refractivity contribution in [3.8, 4) is 17.2 Å². The Bertz CT molecular complexity index is 2640. The summed E-state index contributed by atoms with van der Waals surface area (Å²) in [6, 6.07) is 27.6. The molecule has 1 aromatic heterocycles. The first-order chi connectivity index (χ1) is 33.3. The van der Waals surface area contributed by atoms with Crippen LogP contribution in [0.25, 0.3) is 0 Å². The number of ether oxygens (including phenoxy) is 4. The number of aromatic nitrogens is 1. The van der Waals surface area contributed by atoms with E-state index in [2.05, 4.69) is 10.2 Å². The van der Waals surface area contributed by atoms with Crippen LogP contribution in [-0.4, -0.2) is 94.2 Å². The number of carbonyl (C=O) groups is 3. The number of carbonyl (C=O) groups excluding carboxylic acids is 2. The smallest absolute Gasteiger partial charge is 0.408 e. The Labute approximate surface area is 412 Å². The number of benzene rings is 4. The quantitative estimate of drug-likeness (QED) is 0.0569. The highest BCUT2D eigenvalue weighted by Gasteiger charge is 2.57. The molecule has 4 atom stereocenters. The zero-order valence-corrected chi connectivity index (χ0v) is 39.7. The summed E-state index contributed by atoms with van der Waals surface area (Å²) in [6.45, 7) is 0.128. The Kier molecular flexibility index (Phi) is 14.7. The van der Waals surface area contributed by atoms with Gasteiger partial charge in [0.15, 0.2) is 16.4 Å². The van der Waals surface area contributed by atoms with Gasteiger partial charge in [-0.05, 0) is 116 Å². The summed E-state index contributed by atoms with van der Waals surface area (Å²) in [6.07, 6.45) is 5.56. The summed E-state index contributed by atoms with van der Waals surface area (Å²) in [5.74, 6) is -1.75. The summed E-state index contributed by atoms with van der Waals surface area (Å²) in [5, 5.41) is 24.6. The van der Waals surface area contributed by atoms with Crippen molar-refractivity contribution in [1.29, 1.82) is 0 Å². The monoisotopic (exact) mass is 1000 g/mol. The summed E-state index contributed by atoms with van der Waals surface area (Å²) in [4.78, 5) is 43.6. The van der Waals surface area contributed by atoms with Gasteiger partial charge < -0.3 is 34.3 Å². The van der Waals surface area contributed by atoms with Gasteiger partial charge in [-0.2, -0.15) is 8.78 Å². The third-order valence-electron chi connectivity index (χ3n) is 13.3. The molecule has 4 aliphatic heterocycles. The molecule has 1 aliphatic carbocycles. The number of carboxylic acids is 1. The molecule has 18 heteroatoms. The van der Waals surface area contributed by atoms with Gasteiger partial charge in [-0.3, -0.25) is 14.9 Å². The minimum atomic E-state index is -3.14. The van der Waals surface area contributed by atoms with Crippen molar-refractivity contribution in [1.82, 2.24) is 15.1 Å². The number of carboxylic acid groups (broad SMARTS) is 1. The number of amides is 2. The molecule has 5 heterocycles. The fourth-order valence-electron chi connectivity index (χ4n) is 9.55. The molecule has 4 saturated heterocycles. The molecule has 3 N–H and O–H groups in total. The highest BCUT2D eigenvalue weighted by Crippen LogP contribution is 2.51. The average molecular weight is 1000 g/mol. The number of nitrogens with zero attached hydrogens (tertiary/aromatic N) is 3. The summed E-state index contributed by atoms with van der Waals surface area (Å²) in [5.41, 5.74) is 3.27. The van der Waals surface area contributed by atoms with Crippen molar-refractivity contribution in [3.05, 3.63) is 153 Å². The van der Waals surface area contributed by atoms with Crippen molar-refractivity contribution in [2.75, 3.05) is 38.5 Å². The van der Waals surface area contributed by atoms with Crippen molar-refractivity contribution >= 4 is 52.9 Å². The third-order valence-corrected chi connectivity index (χ3v) is 15.5. The van der Waals surface area contributed by atoms with Gasteiger partial charge in [0.05, 0.1) is 12.6 Å². The van der Waals surface area contributed by atoms with E-state index in [0.717, 1.165) is 73.8 Å². The van der Waals surface area contributed by atoms with Crippen molar-refractivity contribution in [3.63, 3.8) is 0 Å². The molecule has 69 heavy (non-hydrogen) atoms. The van der Waals surface area contributed by atoms with Crippen molar-refractivity contribution < 1.29 is 57.2 Å². The zero-order valence-electron chi connectivity index (χ0n) is 37.4. The Hall–Kier alpha value is -5.81. The zero-order chi connectivity index (χ0) is 48.2. The number of aliphatic carboxylic acids is 1. The van der Waals surface area contributed by atoms with Crippen LogP contribution in [0.2, 0.25) is 10.0 Å². The molecular formula is C51H51Cl2F2N4O9S+. The maximum Gasteiger partial charge on any atom is 0.408 e. The maximum absolute atomic E-state index is 14.7. The van der Waals surface area contributed by atoms with Gasteiger partial charge in [0, 0.05) is 40.6 Å². The molecule has 362 valence electrons. The van der Waals surface area contributed by atoms with Gasteiger partial charge >= 0.3 is 18.7 Å². The van der Waals surface area contributed by atoms with Gasteiger partial charge in [0.1, 0.15) is 28.5 Å². The second kappa shape index (κ2) is 21.0. The minimum Gasteiger partial charge on any atom is -0.489 e. The van der Waals surface area contributed by atoms with Crippen molar-refractivity contribution in [2.24, 2.45) is 11.8 Å². The highest BCUT2D eigenvalue weighted by atomic mass is 35.5. The lowest BCUT2D eigenvalue weighted by atomic mass is 9.83. The molecule has 5 fully saturated rings. The number of piperidine rings is 3. The minimum absolute atomic E-state index is 0.00125. The number of hydrogen-bond acceptors (Lipinski definition) is 10. The molecule has 2 bridgehead atoms. The molecule has 5 aliphatic rings. The molecule has 0 spiro atoms. The van der Waals surface area contributed by atoms with Gasteiger partial charge in [0.2, 0.25) is 12.4 Å². The lowest BCUT2D eigenvalue weighted by Crippen LogP contribution is -2.55. The Balaban J connectivity index is 0.942. The van der Waals surface area contributed by atoms with Crippen molar-refractivity contribution in [2.45, 2.75) is 68.3 Å². The van der Waals surface area contributed by atoms with E-state index in [0.29, 0.717) is 27.5 Å². The third kappa shape index (κ3) is 11.0. The first kappa shape index (κ1) is 48.2. The lowest BCUT2D eigenvalue weighted by molar-refractivity contribution is -0.904. The number of halogens is 4. The summed E-state index contributed by atoms with van der Waals surface area (Å²) < 4.78 is 50.8. The van der Waals surface area contributed by atoms with Crippen LogP contribution in [-0.2, 0) is 22.6 Å². The summed E-state index contributed by atoms with van der Waals surface area (Å²) >= 11 is 14.3. The molecule has 0 radical (unpaired) electrons. The van der Waals surface area contributed by atoms with Crippen LogP contribution in [0.15, 0.2) is 109 Å². The van der Waals surface area contributed by atoms with Crippen LogP contribution in [0.4, 0.5) is 13.6 Å². The summed E-state index contributed by atoms with van der Waals surface area (Å²) in [7, 11) is 0. The molecule has 4 aromatic carbocycles.